The van der Waals surface area contributed by atoms with E-state index in [1.165, 1.54) is 6.07 Å². The van der Waals surface area contributed by atoms with Crippen molar-refractivity contribution in [3.63, 3.8) is 0 Å². The molecule has 0 fully saturated rings. The van der Waals surface area contributed by atoms with Crippen LogP contribution in [0.2, 0.25) is 10.0 Å². The van der Waals surface area contributed by atoms with E-state index in [1.54, 1.807) is 27.7 Å². The number of nitrogens with zero attached hydrogens (tertiary/aromatic N) is 3. The van der Waals surface area contributed by atoms with E-state index in [0.717, 1.165) is 32.0 Å². The van der Waals surface area contributed by atoms with E-state index in [-0.39, 0.29) is 45.1 Å². The number of allylic oxidation sites excluding steroid dienone is 1. The van der Waals surface area contributed by atoms with Crippen molar-refractivity contribution < 1.29 is 51.2 Å². The summed E-state index contributed by atoms with van der Waals surface area (Å²) in [6.07, 6.45) is -5.47. The number of alkyl halides is 3. The number of aliphatic hydroxyl groups is 1. The number of Topliss-reactive ketones (excluding diaryl/α,β-unsaturated/α-hetero) is 1. The van der Waals surface area contributed by atoms with E-state index in [0.29, 0.717) is 0 Å². The van der Waals surface area contributed by atoms with Crippen molar-refractivity contribution in [2.24, 2.45) is 15.3 Å². The number of nitrogens with one attached hydrogen (secondary N) is 1. The van der Waals surface area contributed by atoms with E-state index in [1.807, 2.05) is 0 Å². The second-order valence-corrected chi connectivity index (χ2v) is 9.72. The molecule has 17 heteroatoms. The zero-order valence-corrected chi connectivity index (χ0v) is 25.0. The molecule has 0 unspecified atom stereocenters. The Hall–Kier alpha value is -3.98. The minimum Gasteiger partial charge on any atom is -0.510 e. The number of benzene rings is 2. The smallest absolute Gasteiger partial charge is 0.456 e. The van der Waals surface area contributed by atoms with Gasteiger partial charge in [0.15, 0.2) is 5.82 Å². The van der Waals surface area contributed by atoms with Gasteiger partial charge in [0.1, 0.15) is 34.5 Å². The lowest BCUT2D eigenvalue weighted by molar-refractivity contribution is -0.163. The van der Waals surface area contributed by atoms with E-state index in [4.69, 9.17) is 42.9 Å². The van der Waals surface area contributed by atoms with Crippen LogP contribution in [0.5, 0.6) is 11.5 Å². The van der Waals surface area contributed by atoms with Crippen LogP contribution in [0.3, 0.4) is 0 Å². The van der Waals surface area contributed by atoms with Crippen LogP contribution in [-0.4, -0.2) is 46.1 Å². The minimum absolute atomic E-state index is 0.00354. The number of rotatable bonds is 10. The lowest BCUT2D eigenvalue weighted by Crippen LogP contribution is -2.29. The SMILES string of the molecule is C/C(=N/Nc1cc(OC(C)C)c(Cl)cc1F)C(=O)C(F)(F)F.CC(O)=C(N=Nc1cc(OC(C)C)c(Cl)cc1F)C(=O)O. The number of carbonyl (C=O) groups is 2. The summed E-state index contributed by atoms with van der Waals surface area (Å²) in [6.45, 7) is 8.97. The van der Waals surface area contributed by atoms with Gasteiger partial charge in [-0.3, -0.25) is 10.2 Å². The lowest BCUT2D eigenvalue weighted by Gasteiger charge is -2.13. The molecule has 0 amide bonds. The maximum absolute atomic E-state index is 13.7. The fourth-order valence-corrected chi connectivity index (χ4v) is 3.06. The number of azo groups is 1. The summed E-state index contributed by atoms with van der Waals surface area (Å²) in [4.78, 5) is 21.7. The molecule has 0 aromatic heterocycles. The zero-order chi connectivity index (χ0) is 33.2. The van der Waals surface area contributed by atoms with E-state index >= 15 is 0 Å². The molecule has 2 rings (SSSR count). The monoisotopic (exact) mass is 656 g/mol. The first-order valence-electron chi connectivity index (χ1n) is 12.0. The van der Waals surface area contributed by atoms with Gasteiger partial charge < -0.3 is 19.7 Å². The Balaban J connectivity index is 0.000000430. The summed E-state index contributed by atoms with van der Waals surface area (Å²) in [5.41, 5.74) is -0.00172. The summed E-state index contributed by atoms with van der Waals surface area (Å²) in [7, 11) is 0. The molecule has 10 nitrogen and oxygen atoms in total. The zero-order valence-electron chi connectivity index (χ0n) is 23.5. The largest absolute Gasteiger partial charge is 0.510 e. The molecular weight excluding hydrogens is 630 g/mol. The third kappa shape index (κ3) is 12.0. The predicted octanol–water partition coefficient (Wildman–Crippen LogP) is 8.41. The number of halogens is 7. The molecule has 0 aliphatic heterocycles. The third-order valence-electron chi connectivity index (χ3n) is 4.48. The summed E-state index contributed by atoms with van der Waals surface area (Å²) >= 11 is 11.6. The standard InChI is InChI=1S/C13H13ClF4N2O2.C13H14ClFN2O4/c1-6(2)22-11-5-10(9(15)4-8(11)14)20-19-7(3)12(21)13(16,17)18;1-6(2)21-11-5-10(9(15)4-8(11)14)16-17-12(7(3)18)13(19)20/h4-6,20H,1-3H3;4-6,18H,1-3H3,(H,19,20)/b19-7-;. The van der Waals surface area contributed by atoms with Crippen molar-refractivity contribution in [1.82, 2.24) is 0 Å². The topological polar surface area (TPSA) is 142 Å². The van der Waals surface area contributed by atoms with Gasteiger partial charge in [0, 0.05) is 12.1 Å². The molecule has 43 heavy (non-hydrogen) atoms. The number of carboxylic acid groups (broad SMARTS) is 1. The first-order valence-corrected chi connectivity index (χ1v) is 12.8. The molecular formula is C26H27Cl2F5N4O6. The van der Waals surface area contributed by atoms with Crippen molar-refractivity contribution in [1.29, 1.82) is 0 Å². The van der Waals surface area contributed by atoms with E-state index in [2.05, 4.69) is 20.8 Å². The first-order chi connectivity index (χ1) is 19.7. The molecule has 0 bridgehead atoms. The predicted molar refractivity (Wildman–Crippen MR) is 150 cm³/mol. The summed E-state index contributed by atoms with van der Waals surface area (Å²) in [5.74, 6) is -5.45. The fourth-order valence-electron chi connectivity index (χ4n) is 2.67. The van der Waals surface area contributed by atoms with Crippen LogP contribution in [0.25, 0.3) is 0 Å². The number of hydrogen-bond donors (Lipinski definition) is 3. The van der Waals surface area contributed by atoms with Crippen LogP contribution in [0, 0.1) is 11.6 Å². The van der Waals surface area contributed by atoms with Crippen molar-refractivity contribution in [3.8, 4) is 11.5 Å². The molecule has 236 valence electrons. The number of ether oxygens (including phenoxy) is 2. The van der Waals surface area contributed by atoms with Gasteiger partial charge in [0.2, 0.25) is 5.70 Å². The number of ketones is 1. The van der Waals surface area contributed by atoms with Gasteiger partial charge in [-0.1, -0.05) is 23.2 Å². The maximum atomic E-state index is 13.7. The minimum atomic E-state index is -5.04. The molecule has 0 saturated heterocycles. The Bertz CT molecular complexity index is 1430. The highest BCUT2D eigenvalue weighted by Gasteiger charge is 2.40. The molecule has 0 atom stereocenters. The van der Waals surface area contributed by atoms with Crippen LogP contribution in [0.15, 0.2) is 51.1 Å². The Kier molecular flexibility index (Phi) is 13.8. The number of hydrogen-bond acceptors (Lipinski definition) is 9. The average molecular weight is 657 g/mol. The lowest BCUT2D eigenvalue weighted by atomic mass is 10.2. The highest BCUT2D eigenvalue weighted by Crippen LogP contribution is 2.33. The summed E-state index contributed by atoms with van der Waals surface area (Å²) < 4.78 is 74.6. The van der Waals surface area contributed by atoms with Gasteiger partial charge in [-0.25, -0.2) is 13.6 Å². The van der Waals surface area contributed by atoms with Gasteiger partial charge >= 0.3 is 12.1 Å². The van der Waals surface area contributed by atoms with Gasteiger partial charge in [-0.2, -0.15) is 18.3 Å². The molecule has 0 heterocycles. The fraction of sp³-hybridized carbons (Fsp3) is 0.346. The van der Waals surface area contributed by atoms with Crippen LogP contribution in [-0.2, 0) is 9.59 Å². The molecule has 0 saturated carbocycles. The molecule has 2 aromatic rings. The van der Waals surface area contributed by atoms with Crippen molar-refractivity contribution in [3.05, 3.63) is 57.4 Å². The van der Waals surface area contributed by atoms with Gasteiger partial charge in [0.25, 0.3) is 5.78 Å². The molecule has 0 spiro atoms. The van der Waals surface area contributed by atoms with Crippen molar-refractivity contribution in [2.45, 2.75) is 59.9 Å². The van der Waals surface area contributed by atoms with Crippen molar-refractivity contribution >= 4 is 52.0 Å². The Morgan fingerprint density at radius 3 is 1.81 bits per heavy atom. The van der Waals surface area contributed by atoms with E-state index in [9.17, 15) is 31.5 Å². The average Bonchev–Trinajstić information content (AvgIpc) is 2.85. The second-order valence-electron chi connectivity index (χ2n) is 8.90. The highest BCUT2D eigenvalue weighted by molar-refractivity contribution is 6.41. The number of carboxylic acids is 1. The number of anilines is 1. The highest BCUT2D eigenvalue weighted by atomic mass is 35.5. The number of aliphatic hydroxyl groups excluding tert-OH is 1. The summed E-state index contributed by atoms with van der Waals surface area (Å²) in [6, 6.07) is 4.27. The maximum Gasteiger partial charge on any atom is 0.456 e. The molecule has 2 aromatic carbocycles. The van der Waals surface area contributed by atoms with E-state index < -0.39 is 46.7 Å². The number of hydrazone groups is 1. The molecule has 0 radical (unpaired) electrons. The molecule has 0 aliphatic rings. The Morgan fingerprint density at radius 1 is 0.884 bits per heavy atom. The van der Waals surface area contributed by atoms with Gasteiger partial charge in [-0.05, 0) is 53.7 Å². The van der Waals surface area contributed by atoms with Crippen LogP contribution >= 0.6 is 23.2 Å². The van der Waals surface area contributed by atoms with Gasteiger partial charge in [-0.15, -0.1) is 10.2 Å². The second kappa shape index (κ2) is 16.0. The Labute approximate surface area is 252 Å². The van der Waals surface area contributed by atoms with Crippen molar-refractivity contribution in [2.75, 3.05) is 5.43 Å². The Morgan fingerprint density at radius 2 is 1.37 bits per heavy atom. The normalized spacial score (nSPS) is 12.6. The van der Waals surface area contributed by atoms with Crippen LogP contribution < -0.4 is 14.9 Å². The number of aliphatic carboxylic acids is 1. The number of carbonyl (C=O) groups excluding carboxylic acids is 1. The quantitative estimate of drug-likeness (QED) is 0.0582. The van der Waals surface area contributed by atoms with Gasteiger partial charge in [0.05, 0.1) is 27.9 Å². The molecule has 3 N–H and O–H groups in total. The third-order valence-corrected chi connectivity index (χ3v) is 5.07. The van der Waals surface area contributed by atoms with Crippen LogP contribution in [0.1, 0.15) is 41.5 Å². The first kappa shape index (κ1) is 37.0. The van der Waals surface area contributed by atoms with Crippen LogP contribution in [0.4, 0.5) is 33.3 Å². The summed E-state index contributed by atoms with van der Waals surface area (Å²) in [5, 5.41) is 28.0. The molecule has 0 aliphatic carbocycles.